The Morgan fingerprint density at radius 2 is 1.76 bits per heavy atom. The maximum atomic E-state index is 12.6. The fourth-order valence-electron chi connectivity index (χ4n) is 5.84. The van der Waals surface area contributed by atoms with E-state index >= 15 is 0 Å². The van der Waals surface area contributed by atoms with Crippen LogP contribution in [-0.4, -0.2) is 29.6 Å². The molecular weight excluding hydrogens is 262 g/mol. The third-order valence-corrected chi connectivity index (χ3v) is 6.30. The third-order valence-electron chi connectivity index (χ3n) is 6.30. The second kappa shape index (κ2) is 4.90. The molecule has 1 N–H and O–H groups in total. The highest BCUT2D eigenvalue weighted by atomic mass is 16.2. The molecule has 1 aliphatic heterocycles. The van der Waals surface area contributed by atoms with Gasteiger partial charge in [-0.05, 0) is 69.1 Å². The number of nitrogens with zero attached hydrogens (tertiary/aromatic N) is 2. The van der Waals surface area contributed by atoms with E-state index in [1.807, 2.05) is 4.90 Å². The molecule has 1 unspecified atom stereocenters. The van der Waals surface area contributed by atoms with Gasteiger partial charge in [-0.25, -0.2) is 4.79 Å². The first-order valence-electron chi connectivity index (χ1n) is 8.62. The predicted octanol–water partition coefficient (Wildman–Crippen LogP) is 2.90. The quantitative estimate of drug-likeness (QED) is 0.806. The fraction of sp³-hybridized carbons (Fsp3) is 0.882. The molecule has 4 heteroatoms. The van der Waals surface area contributed by atoms with Gasteiger partial charge in [0.05, 0.1) is 12.0 Å². The van der Waals surface area contributed by atoms with Crippen molar-refractivity contribution in [2.75, 3.05) is 13.1 Å². The molecule has 2 amide bonds. The number of hydrogen-bond acceptors (Lipinski definition) is 2. The van der Waals surface area contributed by atoms with Crippen LogP contribution in [0.2, 0.25) is 0 Å². The molecule has 1 saturated heterocycles. The van der Waals surface area contributed by atoms with Crippen LogP contribution in [0.3, 0.4) is 0 Å². The Labute approximate surface area is 126 Å². The number of carbonyl (C=O) groups excluding carboxylic acids is 1. The van der Waals surface area contributed by atoms with E-state index in [0.717, 1.165) is 37.1 Å². The van der Waals surface area contributed by atoms with Crippen molar-refractivity contribution in [2.24, 2.45) is 23.7 Å². The van der Waals surface area contributed by atoms with Gasteiger partial charge in [0.25, 0.3) is 0 Å². The van der Waals surface area contributed by atoms with Gasteiger partial charge in [-0.2, -0.15) is 5.26 Å². The van der Waals surface area contributed by atoms with Gasteiger partial charge < -0.3 is 10.2 Å². The lowest BCUT2D eigenvalue weighted by atomic mass is 9.53. The van der Waals surface area contributed by atoms with Crippen LogP contribution in [0.4, 0.5) is 4.79 Å². The Kier molecular flexibility index (Phi) is 3.13. The topological polar surface area (TPSA) is 56.1 Å². The molecule has 4 nitrogen and oxygen atoms in total. The number of hydrogen-bond donors (Lipinski definition) is 1. The van der Waals surface area contributed by atoms with E-state index in [1.165, 1.54) is 38.5 Å². The number of nitrogens with one attached hydrogen (secondary N) is 1. The normalized spacial score (nSPS) is 44.4. The van der Waals surface area contributed by atoms with Crippen LogP contribution in [0.5, 0.6) is 0 Å². The highest BCUT2D eigenvalue weighted by Crippen LogP contribution is 2.55. The van der Waals surface area contributed by atoms with Crippen molar-refractivity contribution >= 4 is 6.03 Å². The molecule has 4 saturated carbocycles. The molecule has 4 bridgehead atoms. The second-order valence-electron chi connectivity index (χ2n) is 8.04. The van der Waals surface area contributed by atoms with Crippen LogP contribution < -0.4 is 5.32 Å². The van der Waals surface area contributed by atoms with E-state index in [0.29, 0.717) is 6.54 Å². The van der Waals surface area contributed by atoms with Gasteiger partial charge in [-0.1, -0.05) is 0 Å². The maximum absolute atomic E-state index is 12.6. The summed E-state index contributed by atoms with van der Waals surface area (Å²) in [6, 6.07) is 2.42. The Hall–Kier alpha value is -1.24. The first kappa shape index (κ1) is 13.4. The van der Waals surface area contributed by atoms with Crippen molar-refractivity contribution in [3.8, 4) is 6.07 Å². The average Bonchev–Trinajstić information content (AvgIpc) is 2.45. The van der Waals surface area contributed by atoms with Crippen molar-refractivity contribution in [1.29, 1.82) is 5.26 Å². The molecule has 4 aliphatic carbocycles. The predicted molar refractivity (Wildman–Crippen MR) is 79.3 cm³/mol. The van der Waals surface area contributed by atoms with Crippen LogP contribution in [-0.2, 0) is 0 Å². The summed E-state index contributed by atoms with van der Waals surface area (Å²) in [5, 5.41) is 12.5. The van der Waals surface area contributed by atoms with Crippen molar-refractivity contribution in [1.82, 2.24) is 10.2 Å². The van der Waals surface area contributed by atoms with Gasteiger partial charge in [-0.15, -0.1) is 0 Å². The Morgan fingerprint density at radius 1 is 1.14 bits per heavy atom. The zero-order valence-electron chi connectivity index (χ0n) is 12.7. The lowest BCUT2D eigenvalue weighted by Crippen LogP contribution is -2.62. The summed E-state index contributed by atoms with van der Waals surface area (Å²) in [5.41, 5.74) is 0.0887. The van der Waals surface area contributed by atoms with Crippen LogP contribution in [0.15, 0.2) is 0 Å². The van der Waals surface area contributed by atoms with E-state index in [1.54, 1.807) is 0 Å². The summed E-state index contributed by atoms with van der Waals surface area (Å²) >= 11 is 0. The fourth-order valence-corrected chi connectivity index (χ4v) is 5.84. The molecule has 1 heterocycles. The van der Waals surface area contributed by atoms with Gasteiger partial charge in [0.15, 0.2) is 0 Å². The molecule has 0 aromatic carbocycles. The Bertz CT molecular complexity index is 446. The summed E-state index contributed by atoms with van der Waals surface area (Å²) < 4.78 is 0. The van der Waals surface area contributed by atoms with Crippen LogP contribution in [0.1, 0.15) is 51.4 Å². The van der Waals surface area contributed by atoms with E-state index in [4.69, 9.17) is 5.26 Å². The van der Waals surface area contributed by atoms with Crippen LogP contribution in [0, 0.1) is 35.0 Å². The van der Waals surface area contributed by atoms with Crippen molar-refractivity contribution in [3.05, 3.63) is 0 Å². The lowest BCUT2D eigenvalue weighted by molar-refractivity contribution is -0.0161. The number of amides is 2. The zero-order chi connectivity index (χ0) is 14.4. The molecule has 0 radical (unpaired) electrons. The average molecular weight is 287 g/mol. The highest BCUT2D eigenvalue weighted by molar-refractivity contribution is 5.75. The van der Waals surface area contributed by atoms with E-state index < -0.39 is 0 Å². The largest absolute Gasteiger partial charge is 0.333 e. The van der Waals surface area contributed by atoms with E-state index in [9.17, 15) is 4.79 Å². The smallest absolute Gasteiger partial charge is 0.317 e. The summed E-state index contributed by atoms with van der Waals surface area (Å²) in [6.45, 7) is 1.44. The molecule has 1 atom stereocenters. The molecule has 5 fully saturated rings. The number of rotatable bonds is 1. The molecule has 114 valence electrons. The number of urea groups is 1. The standard InChI is InChI=1S/C17H25N3O/c18-10-12-2-1-3-20(11-12)16(21)19-17-7-13-4-14(8-17)6-15(5-13)9-17/h12-15H,1-9,11H2,(H,19,21). The number of nitriles is 1. The Balaban J connectivity index is 1.43. The molecule has 5 rings (SSSR count). The molecule has 0 spiro atoms. The van der Waals surface area contributed by atoms with Gasteiger partial charge in [0.1, 0.15) is 0 Å². The molecule has 21 heavy (non-hydrogen) atoms. The summed E-state index contributed by atoms with van der Waals surface area (Å²) in [7, 11) is 0. The van der Waals surface area contributed by atoms with E-state index in [-0.39, 0.29) is 17.5 Å². The molecule has 0 aromatic rings. The molecular formula is C17H25N3O. The maximum Gasteiger partial charge on any atom is 0.317 e. The SMILES string of the molecule is N#CC1CCCN(C(=O)NC23CC4CC(CC(C4)C2)C3)C1. The van der Waals surface area contributed by atoms with Gasteiger partial charge in [0, 0.05) is 18.6 Å². The lowest BCUT2D eigenvalue weighted by Gasteiger charge is -2.57. The van der Waals surface area contributed by atoms with E-state index in [2.05, 4.69) is 11.4 Å². The highest BCUT2D eigenvalue weighted by Gasteiger charge is 2.51. The van der Waals surface area contributed by atoms with Gasteiger partial charge in [0.2, 0.25) is 0 Å². The van der Waals surface area contributed by atoms with Gasteiger partial charge in [-0.3, -0.25) is 0 Å². The summed E-state index contributed by atoms with van der Waals surface area (Å²) in [4.78, 5) is 14.5. The summed E-state index contributed by atoms with van der Waals surface area (Å²) in [6.07, 6.45) is 9.69. The minimum absolute atomic E-state index is 0.0286. The second-order valence-corrected chi connectivity index (χ2v) is 8.04. The number of piperidine rings is 1. The van der Waals surface area contributed by atoms with Crippen molar-refractivity contribution in [2.45, 2.75) is 56.9 Å². The Morgan fingerprint density at radius 3 is 2.33 bits per heavy atom. The van der Waals surface area contributed by atoms with Crippen molar-refractivity contribution < 1.29 is 4.79 Å². The summed E-state index contributed by atoms with van der Waals surface area (Å²) in [5.74, 6) is 2.58. The van der Waals surface area contributed by atoms with Crippen LogP contribution in [0.25, 0.3) is 0 Å². The third kappa shape index (κ3) is 2.41. The first-order valence-corrected chi connectivity index (χ1v) is 8.62. The zero-order valence-corrected chi connectivity index (χ0v) is 12.7. The first-order chi connectivity index (χ1) is 10.2. The number of carbonyl (C=O) groups is 1. The van der Waals surface area contributed by atoms with Crippen molar-refractivity contribution in [3.63, 3.8) is 0 Å². The minimum Gasteiger partial charge on any atom is -0.333 e. The molecule has 0 aromatic heterocycles. The minimum atomic E-state index is 0.0286. The molecule has 5 aliphatic rings. The van der Waals surface area contributed by atoms with Crippen LogP contribution >= 0.6 is 0 Å². The number of likely N-dealkylation sites (tertiary alicyclic amines) is 1. The van der Waals surface area contributed by atoms with Gasteiger partial charge >= 0.3 is 6.03 Å². The monoisotopic (exact) mass is 287 g/mol.